The van der Waals surface area contributed by atoms with Crippen molar-refractivity contribution in [3.05, 3.63) is 57.1 Å². The first kappa shape index (κ1) is 12.8. The molecule has 3 nitrogen and oxygen atoms in total. The molecule has 2 aromatic rings. The van der Waals surface area contributed by atoms with Crippen LogP contribution in [-0.4, -0.2) is 8.42 Å². The van der Waals surface area contributed by atoms with Gasteiger partial charge in [-0.05, 0) is 30.5 Å². The second kappa shape index (κ2) is 4.92. The third kappa shape index (κ3) is 2.30. The van der Waals surface area contributed by atoms with E-state index in [0.29, 0.717) is 5.56 Å². The van der Waals surface area contributed by atoms with E-state index in [9.17, 15) is 8.42 Å². The maximum atomic E-state index is 12.4. The van der Waals surface area contributed by atoms with Gasteiger partial charge in [-0.15, -0.1) is 0 Å². The Morgan fingerprint density at radius 2 is 1.89 bits per heavy atom. The fraction of sp³-hybridized carbons (Fsp3) is 0.154. The Morgan fingerprint density at radius 3 is 2.39 bits per heavy atom. The summed E-state index contributed by atoms with van der Waals surface area (Å²) in [7, 11) is -3.58. The minimum atomic E-state index is -3.58. The molecule has 1 unspecified atom stereocenters. The van der Waals surface area contributed by atoms with Crippen molar-refractivity contribution in [1.82, 2.24) is 0 Å². The van der Waals surface area contributed by atoms with Gasteiger partial charge in [0.05, 0.1) is 10.5 Å². The molecule has 0 aliphatic rings. The average Bonchev–Trinajstić information content (AvgIpc) is 2.84. The van der Waals surface area contributed by atoms with Crippen molar-refractivity contribution < 1.29 is 8.42 Å². The molecule has 0 aliphatic carbocycles. The third-order valence-electron chi connectivity index (χ3n) is 2.61. The summed E-state index contributed by atoms with van der Waals surface area (Å²) in [4.78, 5) is 3.75. The Hall–Kier alpha value is -1.64. The summed E-state index contributed by atoms with van der Waals surface area (Å²) >= 11 is 1.42. The van der Waals surface area contributed by atoms with Crippen LogP contribution in [0.2, 0.25) is 0 Å². The average molecular weight is 278 g/mol. The van der Waals surface area contributed by atoms with Gasteiger partial charge in [0.2, 0.25) is 0 Å². The van der Waals surface area contributed by atoms with Crippen LogP contribution in [0.25, 0.3) is 4.85 Å². The van der Waals surface area contributed by atoms with Crippen LogP contribution in [0.5, 0.6) is 0 Å². The molecule has 18 heavy (non-hydrogen) atoms. The molecule has 0 radical (unpaired) electrons. The van der Waals surface area contributed by atoms with Gasteiger partial charge in [-0.3, -0.25) is 0 Å². The van der Waals surface area contributed by atoms with Crippen LogP contribution in [0.15, 0.2) is 46.0 Å². The molecule has 0 spiro atoms. The topological polar surface area (TPSA) is 38.5 Å². The first-order valence-corrected chi connectivity index (χ1v) is 7.77. The van der Waals surface area contributed by atoms with Crippen molar-refractivity contribution in [1.29, 1.82) is 0 Å². The van der Waals surface area contributed by atoms with Gasteiger partial charge >= 0.3 is 5.37 Å². The fourth-order valence-corrected chi connectivity index (χ4v) is 3.82. The van der Waals surface area contributed by atoms with Crippen molar-refractivity contribution in [2.75, 3.05) is 0 Å². The van der Waals surface area contributed by atoms with E-state index in [1.165, 1.54) is 11.3 Å². The molecule has 0 saturated heterocycles. The van der Waals surface area contributed by atoms with Gasteiger partial charge in [-0.1, -0.05) is 22.5 Å². The zero-order chi connectivity index (χ0) is 13.2. The monoisotopic (exact) mass is 278 g/mol. The summed E-state index contributed by atoms with van der Waals surface area (Å²) in [6.45, 7) is 7.17. The molecule has 5 heteroatoms. The summed E-state index contributed by atoms with van der Waals surface area (Å²) in [5, 5.41) is 2.51. The predicted molar refractivity (Wildman–Crippen MR) is 73.7 cm³/mol. The number of hydrogen-bond acceptors (Lipinski definition) is 3. The molecule has 1 aromatic carbocycles. The number of benzene rings is 1. The fourth-order valence-electron chi connectivity index (χ4n) is 1.62. The molecular formula is C13H12NO2S2+. The molecule has 1 aromatic heterocycles. The molecule has 1 heterocycles. The Balaban J connectivity index is 2.48. The minimum absolute atomic E-state index is 0.235. The van der Waals surface area contributed by atoms with E-state index in [2.05, 4.69) is 4.85 Å². The molecule has 0 amide bonds. The smallest absolute Gasteiger partial charge is 0.215 e. The van der Waals surface area contributed by atoms with E-state index < -0.39 is 15.2 Å². The molecule has 0 N–H and O–H groups in total. The highest BCUT2D eigenvalue weighted by Crippen LogP contribution is 2.31. The van der Waals surface area contributed by atoms with Crippen LogP contribution < -0.4 is 0 Å². The number of rotatable bonds is 3. The standard InChI is InChI=1S/C13H12NO2S2/c1-10-3-5-12(6-4-10)18(15,16)13(14-2)11-7-8-17-9-11/h2-9,13H,1H3/q+1. The SMILES string of the molecule is C#[N+]C(c1ccsc1)S(=O)(=O)c1ccc(C)cc1. The number of thiophene rings is 1. The van der Waals surface area contributed by atoms with Crippen LogP contribution in [-0.2, 0) is 9.84 Å². The van der Waals surface area contributed by atoms with E-state index in [1.807, 2.05) is 6.92 Å². The molecule has 92 valence electrons. The summed E-state index contributed by atoms with van der Waals surface area (Å²) in [5.41, 5.74) is 1.61. The Labute approximate surface area is 110 Å². The molecular weight excluding hydrogens is 266 g/mol. The maximum Gasteiger partial charge on any atom is 0.398 e. The Morgan fingerprint density at radius 1 is 1.22 bits per heavy atom. The van der Waals surface area contributed by atoms with Gasteiger partial charge in [0.25, 0.3) is 16.4 Å². The highest BCUT2D eigenvalue weighted by molar-refractivity contribution is 7.91. The van der Waals surface area contributed by atoms with Crippen LogP contribution in [0.4, 0.5) is 0 Å². The van der Waals surface area contributed by atoms with E-state index in [-0.39, 0.29) is 4.90 Å². The van der Waals surface area contributed by atoms with E-state index >= 15 is 0 Å². The minimum Gasteiger partial charge on any atom is -0.215 e. The van der Waals surface area contributed by atoms with Gasteiger partial charge in [-0.2, -0.15) is 11.3 Å². The first-order chi connectivity index (χ1) is 8.55. The van der Waals surface area contributed by atoms with Crippen molar-refractivity contribution in [2.24, 2.45) is 0 Å². The molecule has 0 fully saturated rings. The third-order valence-corrected chi connectivity index (χ3v) is 5.22. The van der Waals surface area contributed by atoms with Crippen LogP contribution >= 0.6 is 11.3 Å². The molecule has 0 bridgehead atoms. The van der Waals surface area contributed by atoms with E-state index in [4.69, 9.17) is 6.57 Å². The molecule has 0 saturated carbocycles. The highest BCUT2D eigenvalue weighted by Gasteiger charge is 2.37. The number of nitrogens with zero attached hydrogens (tertiary/aromatic N) is 1. The Bertz CT molecular complexity index is 665. The lowest BCUT2D eigenvalue weighted by Crippen LogP contribution is -2.10. The zero-order valence-electron chi connectivity index (χ0n) is 9.78. The van der Waals surface area contributed by atoms with Gasteiger partial charge in [-0.25, -0.2) is 8.42 Å². The van der Waals surface area contributed by atoms with Gasteiger partial charge in [0.15, 0.2) is 0 Å². The number of sulfone groups is 1. The van der Waals surface area contributed by atoms with Crippen molar-refractivity contribution in [3.63, 3.8) is 0 Å². The quantitative estimate of drug-likeness (QED) is 0.862. The Kier molecular flexibility index (Phi) is 3.50. The maximum absolute atomic E-state index is 12.4. The lowest BCUT2D eigenvalue weighted by Gasteiger charge is -2.03. The second-order valence-corrected chi connectivity index (χ2v) is 6.70. The van der Waals surface area contributed by atoms with Gasteiger partial charge in [0.1, 0.15) is 0 Å². The molecule has 0 aliphatic heterocycles. The largest absolute Gasteiger partial charge is 0.398 e. The summed E-state index contributed by atoms with van der Waals surface area (Å²) < 4.78 is 24.8. The molecule has 1 atom stereocenters. The lowest BCUT2D eigenvalue weighted by molar-refractivity contribution is 0.590. The van der Waals surface area contributed by atoms with Crippen molar-refractivity contribution in [3.8, 4) is 6.57 Å². The van der Waals surface area contributed by atoms with Crippen molar-refractivity contribution in [2.45, 2.75) is 17.2 Å². The normalized spacial score (nSPS) is 12.9. The molecule has 2 rings (SSSR count). The van der Waals surface area contributed by atoms with Crippen molar-refractivity contribution >= 4 is 21.2 Å². The summed E-state index contributed by atoms with van der Waals surface area (Å²) in [6, 6.07) is 8.39. The lowest BCUT2D eigenvalue weighted by atomic mass is 10.2. The first-order valence-electron chi connectivity index (χ1n) is 5.28. The van der Waals surface area contributed by atoms with E-state index in [0.717, 1.165) is 5.56 Å². The summed E-state index contributed by atoms with van der Waals surface area (Å²) in [6.07, 6.45) is 0. The predicted octanol–water partition coefficient (Wildman–Crippen LogP) is 3.49. The number of aryl methyl sites for hydroxylation is 1. The van der Waals surface area contributed by atoms with Crippen LogP contribution in [0, 0.1) is 13.5 Å². The summed E-state index contributed by atoms with van der Waals surface area (Å²) in [5.74, 6) is 0. The second-order valence-electron chi connectivity index (χ2n) is 3.92. The van der Waals surface area contributed by atoms with Crippen LogP contribution in [0.3, 0.4) is 0 Å². The van der Waals surface area contributed by atoms with E-state index in [1.54, 1.807) is 41.1 Å². The number of hydrogen-bond donors (Lipinski definition) is 0. The van der Waals surface area contributed by atoms with Crippen LogP contribution in [0.1, 0.15) is 16.5 Å². The highest BCUT2D eigenvalue weighted by atomic mass is 32.2. The van der Waals surface area contributed by atoms with Gasteiger partial charge < -0.3 is 0 Å². The zero-order valence-corrected chi connectivity index (χ0v) is 11.4. The van der Waals surface area contributed by atoms with Gasteiger partial charge in [0, 0.05) is 5.38 Å².